The molecule has 0 saturated carbocycles. The smallest absolute Gasteiger partial charge is 0.267 e. The van der Waals surface area contributed by atoms with Crippen molar-refractivity contribution in [1.29, 1.82) is 0 Å². The minimum atomic E-state index is -0.500. The van der Waals surface area contributed by atoms with Gasteiger partial charge in [-0.15, -0.1) is 0 Å². The first kappa shape index (κ1) is 21.7. The van der Waals surface area contributed by atoms with Gasteiger partial charge in [-0.2, -0.15) is 0 Å². The number of ether oxygens (including phenoxy) is 2. The van der Waals surface area contributed by atoms with Crippen LogP contribution in [-0.2, 0) is 6.54 Å². The number of benzene rings is 3. The molecule has 0 bridgehead atoms. The maximum Gasteiger partial charge on any atom is 0.267 e. The zero-order valence-electron chi connectivity index (χ0n) is 18.5. The summed E-state index contributed by atoms with van der Waals surface area (Å²) in [5.41, 5.74) is 1.44. The molecule has 7 nitrogen and oxygen atoms in total. The van der Waals surface area contributed by atoms with E-state index in [0.29, 0.717) is 33.1 Å². The van der Waals surface area contributed by atoms with E-state index in [9.17, 15) is 9.59 Å². The van der Waals surface area contributed by atoms with Crippen LogP contribution < -0.4 is 19.8 Å². The van der Waals surface area contributed by atoms with Crippen LogP contribution in [0.5, 0.6) is 11.5 Å². The second-order valence-electron chi connectivity index (χ2n) is 7.50. The van der Waals surface area contributed by atoms with Gasteiger partial charge in [0.2, 0.25) is 5.43 Å². The van der Waals surface area contributed by atoms with Gasteiger partial charge >= 0.3 is 0 Å². The van der Waals surface area contributed by atoms with Gasteiger partial charge in [-0.3, -0.25) is 14.5 Å². The Hall–Kier alpha value is -4.17. The lowest BCUT2D eigenvalue weighted by Crippen LogP contribution is -2.33. The highest BCUT2D eigenvalue weighted by molar-refractivity contribution is 7.22. The van der Waals surface area contributed by atoms with Gasteiger partial charge in [0.25, 0.3) is 5.91 Å². The summed E-state index contributed by atoms with van der Waals surface area (Å²) in [7, 11) is 3.14. The van der Waals surface area contributed by atoms with Crippen LogP contribution in [0.3, 0.4) is 0 Å². The molecule has 34 heavy (non-hydrogen) atoms. The summed E-state index contributed by atoms with van der Waals surface area (Å²) in [5, 5.41) is 0.764. The van der Waals surface area contributed by atoms with Gasteiger partial charge in [0, 0.05) is 0 Å². The van der Waals surface area contributed by atoms with Gasteiger partial charge in [0.05, 0.1) is 26.2 Å². The van der Waals surface area contributed by atoms with E-state index in [2.05, 4.69) is 0 Å². The molecule has 8 heteroatoms. The van der Waals surface area contributed by atoms with E-state index in [1.165, 1.54) is 22.5 Å². The number of thiazole rings is 1. The number of carbonyl (C=O) groups excluding carboxylic acids is 1. The van der Waals surface area contributed by atoms with Crippen LogP contribution in [0.4, 0.5) is 5.13 Å². The first-order chi connectivity index (χ1) is 16.6. The predicted molar refractivity (Wildman–Crippen MR) is 132 cm³/mol. The number of nitrogens with zero attached hydrogens (tertiary/aromatic N) is 2. The normalized spacial score (nSPS) is 11.0. The summed E-state index contributed by atoms with van der Waals surface area (Å²) in [6.45, 7) is 0.219. The minimum absolute atomic E-state index is 0.0622. The third-order valence-electron chi connectivity index (χ3n) is 5.47. The van der Waals surface area contributed by atoms with E-state index in [1.54, 1.807) is 50.6 Å². The topological polar surface area (TPSA) is 81.9 Å². The molecule has 5 rings (SSSR count). The first-order valence-corrected chi connectivity index (χ1v) is 11.3. The summed E-state index contributed by atoms with van der Waals surface area (Å²) in [5.74, 6) is 0.688. The highest BCUT2D eigenvalue weighted by atomic mass is 32.1. The fraction of sp³-hybridized carbons (Fsp3) is 0.115. The molecule has 3 aromatic carbocycles. The van der Waals surface area contributed by atoms with E-state index in [-0.39, 0.29) is 17.5 Å². The number of carbonyl (C=O) groups is 1. The molecule has 0 aliphatic heterocycles. The molecule has 0 unspecified atom stereocenters. The molecule has 1 amide bonds. The van der Waals surface area contributed by atoms with Crippen LogP contribution >= 0.6 is 11.3 Å². The number of rotatable bonds is 6. The van der Waals surface area contributed by atoms with Crippen molar-refractivity contribution in [2.75, 3.05) is 19.1 Å². The maximum atomic E-state index is 13.8. The standard InChI is InChI=1S/C26H20N2O5S/c1-31-20-12-13-21(32-2)24-22(20)27-26(34-24)28(14-16-8-4-3-5-9-16)25(30)18-15-33-19-11-7-6-10-17(19)23(18)29/h3-13,15H,14H2,1-2H3. The minimum Gasteiger partial charge on any atom is -0.495 e. The SMILES string of the molecule is COc1ccc(OC)c2sc(N(Cc3ccccc3)C(=O)c3coc4ccccc4c3=O)nc12. The number of hydrogen-bond donors (Lipinski definition) is 0. The number of aromatic nitrogens is 1. The van der Waals surface area contributed by atoms with E-state index in [4.69, 9.17) is 18.9 Å². The molecule has 2 aromatic heterocycles. The van der Waals surface area contributed by atoms with Crippen molar-refractivity contribution in [1.82, 2.24) is 4.98 Å². The first-order valence-electron chi connectivity index (χ1n) is 10.5. The fourth-order valence-corrected chi connectivity index (χ4v) is 4.83. The third kappa shape index (κ3) is 3.78. The van der Waals surface area contributed by atoms with Crippen LogP contribution in [-0.4, -0.2) is 25.1 Å². The maximum absolute atomic E-state index is 13.8. The zero-order chi connectivity index (χ0) is 23.7. The average molecular weight is 473 g/mol. The Balaban J connectivity index is 1.67. The number of fused-ring (bicyclic) bond motifs is 2. The van der Waals surface area contributed by atoms with Crippen molar-refractivity contribution in [2.24, 2.45) is 0 Å². The van der Waals surface area contributed by atoms with Crippen molar-refractivity contribution >= 4 is 43.6 Å². The van der Waals surface area contributed by atoms with Crippen LogP contribution in [0.2, 0.25) is 0 Å². The summed E-state index contributed by atoms with van der Waals surface area (Å²) in [6.07, 6.45) is 1.22. The van der Waals surface area contributed by atoms with Crippen LogP contribution in [0.25, 0.3) is 21.2 Å². The molecule has 0 aliphatic carbocycles. The lowest BCUT2D eigenvalue weighted by Gasteiger charge is -2.19. The molecular formula is C26H20N2O5S. The molecule has 0 fully saturated rings. The highest BCUT2D eigenvalue weighted by Gasteiger charge is 2.26. The molecule has 0 atom stereocenters. The summed E-state index contributed by atoms with van der Waals surface area (Å²) < 4.78 is 17.3. The Bertz CT molecular complexity index is 1520. The number of para-hydroxylation sites is 1. The van der Waals surface area contributed by atoms with Crippen LogP contribution in [0.1, 0.15) is 15.9 Å². The van der Waals surface area contributed by atoms with E-state index in [0.717, 1.165) is 10.3 Å². The van der Waals surface area contributed by atoms with Gasteiger partial charge in [0.1, 0.15) is 39.1 Å². The van der Waals surface area contributed by atoms with Gasteiger partial charge in [0.15, 0.2) is 5.13 Å². The van der Waals surface area contributed by atoms with Gasteiger partial charge < -0.3 is 13.9 Å². The molecule has 0 saturated heterocycles. The molecular weight excluding hydrogens is 452 g/mol. The Labute approximate surface area is 198 Å². The Morgan fingerprint density at radius 2 is 1.68 bits per heavy atom. The van der Waals surface area contributed by atoms with E-state index in [1.807, 2.05) is 30.3 Å². The summed E-state index contributed by atoms with van der Waals surface area (Å²) in [4.78, 5) is 33.1. The van der Waals surface area contributed by atoms with Crippen LogP contribution in [0, 0.1) is 0 Å². The van der Waals surface area contributed by atoms with E-state index >= 15 is 0 Å². The molecule has 0 spiro atoms. The van der Waals surface area contributed by atoms with E-state index < -0.39 is 5.91 Å². The van der Waals surface area contributed by atoms with Crippen molar-refractivity contribution in [3.8, 4) is 11.5 Å². The Kier molecular flexibility index (Phi) is 5.73. The summed E-state index contributed by atoms with van der Waals surface area (Å²) >= 11 is 1.29. The van der Waals surface area contributed by atoms with Crippen molar-refractivity contribution in [3.63, 3.8) is 0 Å². The van der Waals surface area contributed by atoms with Gasteiger partial charge in [-0.25, -0.2) is 4.98 Å². The van der Waals surface area contributed by atoms with Gasteiger partial charge in [-0.05, 0) is 29.8 Å². The lowest BCUT2D eigenvalue weighted by atomic mass is 10.1. The number of anilines is 1. The Morgan fingerprint density at radius 1 is 0.971 bits per heavy atom. The molecule has 5 aromatic rings. The zero-order valence-corrected chi connectivity index (χ0v) is 19.3. The number of hydrogen-bond acceptors (Lipinski definition) is 7. The Morgan fingerprint density at radius 3 is 2.44 bits per heavy atom. The molecule has 170 valence electrons. The van der Waals surface area contributed by atoms with Crippen molar-refractivity contribution in [2.45, 2.75) is 6.54 Å². The fourth-order valence-electron chi connectivity index (χ4n) is 3.75. The number of methoxy groups -OCH3 is 2. The quantitative estimate of drug-likeness (QED) is 0.335. The number of amides is 1. The largest absolute Gasteiger partial charge is 0.495 e. The molecule has 2 heterocycles. The lowest BCUT2D eigenvalue weighted by molar-refractivity contribution is 0.0982. The average Bonchev–Trinajstić information content (AvgIpc) is 3.32. The van der Waals surface area contributed by atoms with Crippen LogP contribution in [0.15, 0.2) is 82.2 Å². The summed E-state index contributed by atoms with van der Waals surface area (Å²) in [6, 6.07) is 19.9. The highest BCUT2D eigenvalue weighted by Crippen LogP contribution is 2.40. The predicted octanol–water partition coefficient (Wildman–Crippen LogP) is 5.27. The van der Waals surface area contributed by atoms with Crippen molar-refractivity contribution in [3.05, 3.63) is 94.3 Å². The molecule has 0 N–H and O–H groups in total. The third-order valence-corrected chi connectivity index (χ3v) is 6.56. The van der Waals surface area contributed by atoms with Gasteiger partial charge in [-0.1, -0.05) is 53.8 Å². The second kappa shape index (κ2) is 8.99. The van der Waals surface area contributed by atoms with Crippen molar-refractivity contribution < 1.29 is 18.7 Å². The molecule has 0 aliphatic rings. The monoisotopic (exact) mass is 472 g/mol. The molecule has 0 radical (unpaired) electrons. The second-order valence-corrected chi connectivity index (χ2v) is 8.47.